The number of para-hydroxylation sites is 2. The molecule has 0 saturated carbocycles. The molecule has 2 aliphatic rings. The number of nitrogens with zero attached hydrogens (tertiary/aromatic N) is 8. The van der Waals surface area contributed by atoms with E-state index < -0.39 is 12.2 Å². The van der Waals surface area contributed by atoms with Crippen LogP contribution >= 0.6 is 12.4 Å². The van der Waals surface area contributed by atoms with E-state index in [0.717, 1.165) is 44.1 Å². The van der Waals surface area contributed by atoms with Crippen molar-refractivity contribution < 1.29 is 39.5 Å². The van der Waals surface area contributed by atoms with Crippen LogP contribution in [0, 0.1) is 13.8 Å². The lowest BCUT2D eigenvalue weighted by Gasteiger charge is -2.41. The normalized spacial score (nSPS) is 15.6. The fourth-order valence-electron chi connectivity index (χ4n) is 8.98. The van der Waals surface area contributed by atoms with Crippen LogP contribution in [0.25, 0.3) is 44.6 Å². The number of benzene rings is 6. The lowest BCUT2D eigenvalue weighted by atomic mass is 10.1. The SMILES string of the molecule is Cc1ccc2c(N3CCN(C(=O)OCc4ccccc4)CC3CO)nc(-c3ccccc3O)nc2c1.Cc1ccc2c(N3CCN(C(=O)OCc4ccccc4)CC3CO)nc(-c3ccccc3O)nc2c1.Cl. The molecular weight excluding hydrogens is 948 g/mol. The monoisotopic (exact) mass is 1000 g/mol. The van der Waals surface area contributed by atoms with Crippen molar-refractivity contribution in [2.75, 3.05) is 62.3 Å². The average molecular weight is 1010 g/mol. The molecule has 17 heteroatoms. The van der Waals surface area contributed by atoms with Gasteiger partial charge in [-0.05, 0) is 84.6 Å². The molecule has 0 spiro atoms. The van der Waals surface area contributed by atoms with Crippen molar-refractivity contribution >= 4 is 58.0 Å². The summed E-state index contributed by atoms with van der Waals surface area (Å²) < 4.78 is 11.0. The van der Waals surface area contributed by atoms with Crippen molar-refractivity contribution in [2.45, 2.75) is 39.1 Å². The number of hydrogen-bond donors (Lipinski definition) is 4. The number of aliphatic hydroxyl groups excluding tert-OH is 2. The molecule has 2 aromatic heterocycles. The third-order valence-corrected chi connectivity index (χ3v) is 12.8. The summed E-state index contributed by atoms with van der Waals surface area (Å²) in [5.74, 6) is 2.33. The van der Waals surface area contributed by atoms with Crippen LogP contribution in [0.3, 0.4) is 0 Å². The fraction of sp³-hybridized carbons (Fsp3) is 0.250. The molecule has 0 radical (unpaired) electrons. The molecule has 0 bridgehead atoms. The minimum atomic E-state index is -0.407. The number of carbonyl (C=O) groups excluding carboxylic acids is 2. The highest BCUT2D eigenvalue weighted by Gasteiger charge is 2.34. The van der Waals surface area contributed by atoms with E-state index in [-0.39, 0.29) is 62.4 Å². The Hall–Kier alpha value is -8.05. The van der Waals surface area contributed by atoms with Gasteiger partial charge in [-0.3, -0.25) is 0 Å². The maximum absolute atomic E-state index is 12.8. The maximum Gasteiger partial charge on any atom is 0.410 e. The molecule has 73 heavy (non-hydrogen) atoms. The summed E-state index contributed by atoms with van der Waals surface area (Å²) in [5.41, 5.74) is 6.52. The highest BCUT2D eigenvalue weighted by atomic mass is 35.5. The molecule has 16 nitrogen and oxygen atoms in total. The van der Waals surface area contributed by atoms with Crippen molar-refractivity contribution in [3.05, 3.63) is 168 Å². The molecule has 6 aromatic carbocycles. The molecule has 10 rings (SSSR count). The second-order valence-electron chi connectivity index (χ2n) is 17.8. The van der Waals surface area contributed by atoms with E-state index in [9.17, 15) is 30.0 Å². The number of fused-ring (bicyclic) bond motifs is 2. The second-order valence-corrected chi connectivity index (χ2v) is 17.8. The number of phenolic OH excluding ortho intramolecular Hbond substituents is 2. The number of aromatic nitrogens is 4. The summed E-state index contributed by atoms with van der Waals surface area (Å²) in [7, 11) is 0. The molecule has 2 amide bonds. The number of aromatic hydroxyl groups is 2. The summed E-state index contributed by atoms with van der Waals surface area (Å²) in [6, 6.07) is 44.2. The average Bonchev–Trinajstić information content (AvgIpc) is 3.41. The quantitative estimate of drug-likeness (QED) is 0.102. The largest absolute Gasteiger partial charge is 0.507 e. The summed E-state index contributed by atoms with van der Waals surface area (Å²) in [4.78, 5) is 51.9. The van der Waals surface area contributed by atoms with Gasteiger partial charge in [-0.1, -0.05) is 97.1 Å². The van der Waals surface area contributed by atoms with E-state index >= 15 is 0 Å². The van der Waals surface area contributed by atoms with Gasteiger partial charge >= 0.3 is 12.2 Å². The van der Waals surface area contributed by atoms with Crippen LogP contribution in [0.1, 0.15) is 22.3 Å². The van der Waals surface area contributed by atoms with E-state index in [0.29, 0.717) is 73.7 Å². The summed E-state index contributed by atoms with van der Waals surface area (Å²) in [6.45, 7) is 6.44. The Morgan fingerprint density at radius 3 is 1.29 bits per heavy atom. The zero-order chi connectivity index (χ0) is 50.1. The standard InChI is InChI=1S/2C28H28N4O4.ClH/c2*1-19-11-12-22-24(15-19)29-26(23-9-5-6-10-25(23)34)30-27(22)32-14-13-31(16-21(32)17-33)28(35)36-18-20-7-3-2-4-8-20;/h2*2-12,15,21,33-34H,13-14,16-18H2,1H3;1H. The highest BCUT2D eigenvalue weighted by Crippen LogP contribution is 2.35. The topological polar surface area (TPSA) is 198 Å². The van der Waals surface area contributed by atoms with E-state index in [4.69, 9.17) is 29.4 Å². The number of aryl methyl sites for hydroxylation is 2. The van der Waals surface area contributed by atoms with Gasteiger partial charge in [0.1, 0.15) is 36.3 Å². The second kappa shape index (κ2) is 23.5. The molecule has 8 aromatic rings. The Labute approximate surface area is 429 Å². The minimum absolute atomic E-state index is 0. The predicted octanol–water partition coefficient (Wildman–Crippen LogP) is 8.68. The minimum Gasteiger partial charge on any atom is -0.507 e. The molecule has 2 aliphatic heterocycles. The van der Waals surface area contributed by atoms with Crippen LogP contribution in [-0.2, 0) is 22.7 Å². The lowest BCUT2D eigenvalue weighted by molar-refractivity contribution is 0.0829. The van der Waals surface area contributed by atoms with Crippen LogP contribution in [0.2, 0.25) is 0 Å². The fourth-order valence-corrected chi connectivity index (χ4v) is 8.98. The summed E-state index contributed by atoms with van der Waals surface area (Å²) >= 11 is 0. The first kappa shape index (κ1) is 51.3. The van der Waals surface area contributed by atoms with Gasteiger partial charge in [-0.2, -0.15) is 0 Å². The van der Waals surface area contributed by atoms with Crippen LogP contribution in [0.5, 0.6) is 11.5 Å². The van der Waals surface area contributed by atoms with E-state index in [1.807, 2.05) is 133 Å². The van der Waals surface area contributed by atoms with Gasteiger partial charge < -0.3 is 49.5 Å². The molecule has 0 aliphatic carbocycles. The number of hydrogen-bond acceptors (Lipinski definition) is 14. The van der Waals surface area contributed by atoms with Crippen molar-refractivity contribution in [3.8, 4) is 34.3 Å². The zero-order valence-corrected chi connectivity index (χ0v) is 41.3. The molecular formula is C56H57ClN8O8. The molecule has 2 atom stereocenters. The Balaban J connectivity index is 0.000000192. The molecule has 376 valence electrons. The third kappa shape index (κ3) is 11.8. The van der Waals surface area contributed by atoms with Crippen molar-refractivity contribution in [1.29, 1.82) is 0 Å². The highest BCUT2D eigenvalue weighted by molar-refractivity contribution is 5.93. The van der Waals surface area contributed by atoms with Gasteiger partial charge in [-0.15, -0.1) is 12.4 Å². The Morgan fingerprint density at radius 2 is 0.904 bits per heavy atom. The van der Waals surface area contributed by atoms with E-state index in [1.165, 1.54) is 0 Å². The van der Waals surface area contributed by atoms with Crippen LogP contribution in [0.4, 0.5) is 21.2 Å². The number of ether oxygens (including phenoxy) is 2. The van der Waals surface area contributed by atoms with Gasteiger partial charge in [-0.25, -0.2) is 29.5 Å². The first-order valence-corrected chi connectivity index (χ1v) is 23.9. The number of aliphatic hydroxyl groups is 2. The smallest absolute Gasteiger partial charge is 0.410 e. The first-order valence-electron chi connectivity index (χ1n) is 23.9. The van der Waals surface area contributed by atoms with Gasteiger partial charge in [0, 0.05) is 50.0 Å². The van der Waals surface area contributed by atoms with Crippen LogP contribution < -0.4 is 9.80 Å². The molecule has 4 heterocycles. The predicted molar refractivity (Wildman–Crippen MR) is 283 cm³/mol. The molecule has 2 fully saturated rings. The molecule has 2 saturated heterocycles. The number of halogens is 1. The Bertz CT molecular complexity index is 2980. The van der Waals surface area contributed by atoms with E-state index in [2.05, 4.69) is 0 Å². The number of piperazine rings is 2. The van der Waals surface area contributed by atoms with E-state index in [1.54, 1.807) is 46.2 Å². The number of amides is 2. The number of rotatable bonds is 10. The lowest BCUT2D eigenvalue weighted by Crippen LogP contribution is -2.56. The molecule has 4 N–H and O–H groups in total. The Kier molecular flexibility index (Phi) is 16.5. The zero-order valence-electron chi connectivity index (χ0n) is 40.5. The Morgan fingerprint density at radius 1 is 0.521 bits per heavy atom. The van der Waals surface area contributed by atoms with Gasteiger partial charge in [0.2, 0.25) is 0 Å². The summed E-state index contributed by atoms with van der Waals surface area (Å²) in [5, 5.41) is 43.1. The third-order valence-electron chi connectivity index (χ3n) is 12.8. The molecule has 2 unspecified atom stereocenters. The van der Waals surface area contributed by atoms with Crippen LogP contribution in [0.15, 0.2) is 146 Å². The number of phenols is 2. The van der Waals surface area contributed by atoms with Gasteiger partial charge in [0.05, 0.1) is 47.5 Å². The van der Waals surface area contributed by atoms with Gasteiger partial charge in [0.25, 0.3) is 0 Å². The van der Waals surface area contributed by atoms with Gasteiger partial charge in [0.15, 0.2) is 11.6 Å². The van der Waals surface area contributed by atoms with Crippen molar-refractivity contribution in [3.63, 3.8) is 0 Å². The number of anilines is 2. The maximum atomic E-state index is 12.8. The first-order chi connectivity index (χ1) is 35.1. The van der Waals surface area contributed by atoms with Crippen LogP contribution in [-0.4, -0.2) is 127 Å². The summed E-state index contributed by atoms with van der Waals surface area (Å²) in [6.07, 6.45) is -0.815. The van der Waals surface area contributed by atoms with Crippen molar-refractivity contribution in [2.24, 2.45) is 0 Å². The van der Waals surface area contributed by atoms with Crippen molar-refractivity contribution in [1.82, 2.24) is 29.7 Å². The number of carbonyl (C=O) groups is 2.